The number of amides is 1. The van der Waals surface area contributed by atoms with E-state index in [0.717, 1.165) is 23.6 Å². The molecule has 0 aliphatic carbocycles. The average Bonchev–Trinajstić information content (AvgIpc) is 2.56. The maximum Gasteiger partial charge on any atom is 0.407 e. The third-order valence-electron chi connectivity index (χ3n) is 4.68. The second kappa shape index (κ2) is 6.57. The first-order valence-corrected chi connectivity index (χ1v) is 8.17. The first-order valence-electron chi connectivity index (χ1n) is 8.17. The van der Waals surface area contributed by atoms with Crippen molar-refractivity contribution in [2.75, 3.05) is 26.2 Å². The molecule has 2 aromatic heterocycles. The normalized spacial score (nSPS) is 16.8. The fourth-order valence-corrected chi connectivity index (χ4v) is 3.24. The number of aromatic nitrogens is 2. The van der Waals surface area contributed by atoms with Crippen LogP contribution in [0, 0.1) is 13.8 Å². The highest BCUT2D eigenvalue weighted by Crippen LogP contribution is 2.26. The van der Waals surface area contributed by atoms with E-state index < -0.39 is 6.09 Å². The molecule has 0 atom stereocenters. The third-order valence-corrected chi connectivity index (χ3v) is 4.68. The quantitative estimate of drug-likeness (QED) is 0.880. The van der Waals surface area contributed by atoms with Gasteiger partial charge in [0.25, 0.3) is 0 Å². The molecule has 6 heteroatoms. The number of nitrogens with zero attached hydrogens (tertiary/aromatic N) is 4. The molecule has 0 radical (unpaired) electrons. The van der Waals surface area contributed by atoms with Crippen LogP contribution in [0.4, 0.5) is 10.6 Å². The molecule has 1 N–H and O–H groups in total. The molecule has 1 fully saturated rings. The molecule has 6 nitrogen and oxygen atoms in total. The van der Waals surface area contributed by atoms with Crippen LogP contribution < -0.4 is 4.48 Å². The first kappa shape index (κ1) is 16.4. The van der Waals surface area contributed by atoms with E-state index in [-0.39, 0.29) is 0 Å². The summed E-state index contributed by atoms with van der Waals surface area (Å²) in [5, 5.41) is 9.23. The van der Waals surface area contributed by atoms with Gasteiger partial charge in [0, 0.05) is 18.5 Å². The zero-order valence-corrected chi connectivity index (χ0v) is 14.1. The molecule has 3 rings (SSSR count). The number of hydrogen-bond acceptors (Lipinski definition) is 3. The third kappa shape index (κ3) is 3.38. The minimum atomic E-state index is -0.849. The molecule has 2 aromatic rings. The van der Waals surface area contributed by atoms with Crippen LogP contribution in [0.3, 0.4) is 0 Å². The van der Waals surface area contributed by atoms with Gasteiger partial charge in [-0.1, -0.05) is 6.07 Å². The first-order chi connectivity index (χ1) is 11.5. The predicted octanol–water partition coefficient (Wildman–Crippen LogP) is 2.59. The monoisotopic (exact) mass is 327 g/mol. The molecule has 0 bridgehead atoms. The van der Waals surface area contributed by atoms with Crippen molar-refractivity contribution in [1.82, 2.24) is 19.4 Å². The summed E-state index contributed by atoms with van der Waals surface area (Å²) in [5.74, 6) is 0.981. The van der Waals surface area contributed by atoms with Crippen LogP contribution in [0.25, 0.3) is 0 Å². The molecule has 0 spiro atoms. The van der Waals surface area contributed by atoms with Gasteiger partial charge in [-0.05, 0) is 37.1 Å². The van der Waals surface area contributed by atoms with Gasteiger partial charge in [0.15, 0.2) is 0 Å². The van der Waals surface area contributed by atoms with Gasteiger partial charge in [-0.2, -0.15) is 0 Å². The van der Waals surface area contributed by atoms with Gasteiger partial charge < -0.3 is 5.11 Å². The summed E-state index contributed by atoms with van der Waals surface area (Å²) < 4.78 is 0.639. The number of piperazine rings is 1. The smallest absolute Gasteiger partial charge is 0.407 e. The lowest BCUT2D eigenvalue weighted by Gasteiger charge is -2.42. The van der Waals surface area contributed by atoms with Crippen molar-refractivity contribution in [2.24, 2.45) is 0 Å². The highest BCUT2D eigenvalue weighted by Gasteiger charge is 2.38. The lowest BCUT2D eigenvalue weighted by Crippen LogP contribution is -2.61. The fraction of sp³-hybridized carbons (Fsp3) is 0.389. The molecule has 24 heavy (non-hydrogen) atoms. The summed E-state index contributed by atoms with van der Waals surface area (Å²) >= 11 is 0. The summed E-state index contributed by atoms with van der Waals surface area (Å²) in [6, 6.07) is 8.20. The Morgan fingerprint density at radius 3 is 2.50 bits per heavy atom. The number of hydrogen-bond donors (Lipinski definition) is 1. The van der Waals surface area contributed by atoms with Gasteiger partial charge in [0.05, 0.1) is 18.8 Å². The van der Waals surface area contributed by atoms with Crippen molar-refractivity contribution < 1.29 is 9.90 Å². The maximum atomic E-state index is 11.2. The molecular formula is C18H23N4O2+. The van der Waals surface area contributed by atoms with Crippen molar-refractivity contribution in [3.05, 3.63) is 53.5 Å². The Labute approximate surface area is 142 Å². The number of rotatable bonds is 3. The fourth-order valence-electron chi connectivity index (χ4n) is 3.24. The zero-order chi connectivity index (χ0) is 17.2. The minimum absolute atomic E-state index is 0.511. The molecule has 3 heterocycles. The largest absolute Gasteiger partial charge is 0.465 e. The van der Waals surface area contributed by atoms with Crippen LogP contribution in [-0.2, 0) is 6.54 Å². The molecular weight excluding hydrogens is 304 g/mol. The Balaban J connectivity index is 1.92. The topological polar surface area (TPSA) is 66.3 Å². The number of pyridine rings is 2. The molecule has 0 unspecified atom stereocenters. The van der Waals surface area contributed by atoms with Gasteiger partial charge in [-0.15, -0.1) is 0 Å². The SMILES string of the molecule is Cc1ccc([N+]2(Cc3cc(C)ccn3)CCN(C(=O)O)CC2)nc1. The van der Waals surface area contributed by atoms with Crippen molar-refractivity contribution in [2.45, 2.75) is 20.4 Å². The molecule has 0 aromatic carbocycles. The summed E-state index contributed by atoms with van der Waals surface area (Å²) in [4.78, 5) is 21.9. The van der Waals surface area contributed by atoms with Gasteiger partial charge >= 0.3 is 6.09 Å². The summed E-state index contributed by atoms with van der Waals surface area (Å²) in [7, 11) is 0. The Hall–Kier alpha value is -2.47. The van der Waals surface area contributed by atoms with Crippen molar-refractivity contribution in [1.29, 1.82) is 0 Å². The van der Waals surface area contributed by atoms with E-state index in [4.69, 9.17) is 0 Å². The Morgan fingerprint density at radius 1 is 1.17 bits per heavy atom. The van der Waals surface area contributed by atoms with E-state index in [2.05, 4.69) is 35.1 Å². The van der Waals surface area contributed by atoms with Crippen LogP contribution in [-0.4, -0.2) is 52.2 Å². The molecule has 126 valence electrons. The van der Waals surface area contributed by atoms with Crippen LogP contribution in [0.1, 0.15) is 16.8 Å². The Kier molecular flexibility index (Phi) is 4.49. The number of aryl methyl sites for hydroxylation is 2. The lowest BCUT2D eigenvalue weighted by molar-refractivity contribution is 0.102. The van der Waals surface area contributed by atoms with Gasteiger partial charge in [0.2, 0.25) is 5.82 Å². The molecule has 1 aliphatic rings. The van der Waals surface area contributed by atoms with Crippen molar-refractivity contribution >= 4 is 11.9 Å². The second-order valence-electron chi connectivity index (χ2n) is 6.54. The highest BCUT2D eigenvalue weighted by atomic mass is 16.4. The Morgan fingerprint density at radius 2 is 1.92 bits per heavy atom. The van der Waals surface area contributed by atoms with E-state index in [1.807, 2.05) is 25.4 Å². The maximum absolute atomic E-state index is 11.2. The zero-order valence-electron chi connectivity index (χ0n) is 14.1. The average molecular weight is 327 g/mol. The number of quaternary nitrogens is 1. The van der Waals surface area contributed by atoms with Crippen LogP contribution in [0.2, 0.25) is 0 Å². The molecule has 1 saturated heterocycles. The number of carboxylic acid groups (broad SMARTS) is 1. The van der Waals surface area contributed by atoms with E-state index in [0.29, 0.717) is 30.7 Å². The van der Waals surface area contributed by atoms with Gasteiger partial charge in [-0.25, -0.2) is 9.78 Å². The summed E-state index contributed by atoms with van der Waals surface area (Å²) in [6.45, 7) is 7.24. The predicted molar refractivity (Wildman–Crippen MR) is 92.8 cm³/mol. The van der Waals surface area contributed by atoms with Crippen LogP contribution in [0.5, 0.6) is 0 Å². The summed E-state index contributed by atoms with van der Waals surface area (Å²) in [5.41, 5.74) is 3.31. The van der Waals surface area contributed by atoms with E-state index in [1.165, 1.54) is 10.5 Å². The van der Waals surface area contributed by atoms with Crippen molar-refractivity contribution in [3.8, 4) is 0 Å². The van der Waals surface area contributed by atoms with Gasteiger partial charge in [0.1, 0.15) is 19.6 Å². The molecule has 0 saturated carbocycles. The molecule has 1 amide bonds. The van der Waals surface area contributed by atoms with Crippen LogP contribution in [0.15, 0.2) is 36.7 Å². The Bertz CT molecular complexity index is 722. The molecule has 1 aliphatic heterocycles. The second-order valence-corrected chi connectivity index (χ2v) is 6.54. The van der Waals surface area contributed by atoms with Gasteiger partial charge in [-0.3, -0.25) is 14.4 Å². The van der Waals surface area contributed by atoms with E-state index in [9.17, 15) is 9.90 Å². The minimum Gasteiger partial charge on any atom is -0.465 e. The number of carbonyl (C=O) groups is 1. The highest BCUT2D eigenvalue weighted by molar-refractivity contribution is 5.65. The van der Waals surface area contributed by atoms with E-state index in [1.54, 1.807) is 0 Å². The van der Waals surface area contributed by atoms with Crippen LogP contribution >= 0.6 is 0 Å². The van der Waals surface area contributed by atoms with E-state index >= 15 is 0 Å². The van der Waals surface area contributed by atoms with Crippen molar-refractivity contribution in [3.63, 3.8) is 0 Å². The lowest BCUT2D eigenvalue weighted by atomic mass is 10.1. The standard InChI is InChI=1S/C18H22N4O2/c1-14-5-6-19-16(11-14)13-22(17-4-3-15(2)12-20-17)9-7-21(8-10-22)18(23)24/h3-6,11-12H,7-10,13H2,1-2H3/p+1. The summed E-state index contributed by atoms with van der Waals surface area (Å²) in [6.07, 6.45) is 2.86.